The van der Waals surface area contributed by atoms with Gasteiger partial charge in [0.15, 0.2) is 0 Å². The molecule has 0 saturated carbocycles. The number of nitrogens with one attached hydrogen (secondary N) is 1. The van der Waals surface area contributed by atoms with Crippen LogP contribution < -0.4 is 5.32 Å². The fourth-order valence-electron chi connectivity index (χ4n) is 1.59. The molecule has 80 valence electrons. The summed E-state index contributed by atoms with van der Waals surface area (Å²) in [5.74, 6) is -0.0311. The van der Waals surface area contributed by atoms with E-state index in [0.29, 0.717) is 17.0 Å². The molecular formula is C10H11NO3S. The van der Waals surface area contributed by atoms with Crippen LogP contribution in [0.1, 0.15) is 5.56 Å². The number of phenols is 1. The second kappa shape index (κ2) is 3.36. The zero-order valence-corrected chi connectivity index (χ0v) is 9.00. The molecule has 2 N–H and O–H groups in total. The van der Waals surface area contributed by atoms with E-state index in [1.54, 1.807) is 19.2 Å². The molecular weight excluding hydrogens is 214 g/mol. The molecule has 15 heavy (non-hydrogen) atoms. The predicted molar refractivity (Wildman–Crippen MR) is 57.2 cm³/mol. The normalized spacial score (nSPS) is 17.3. The number of likely N-dealkylation sites (N-methyl/N-ethyl adjacent to an activating group) is 1. The number of fused-ring (bicyclic) bond motifs is 1. The Kier molecular flexibility index (Phi) is 2.28. The van der Waals surface area contributed by atoms with E-state index in [-0.39, 0.29) is 10.6 Å². The molecule has 0 radical (unpaired) electrons. The first kappa shape index (κ1) is 10.2. The van der Waals surface area contributed by atoms with Gasteiger partial charge in [-0.15, -0.1) is 0 Å². The zero-order chi connectivity index (χ0) is 11.1. The van der Waals surface area contributed by atoms with E-state index in [4.69, 9.17) is 0 Å². The van der Waals surface area contributed by atoms with Gasteiger partial charge in [-0.2, -0.15) is 0 Å². The monoisotopic (exact) mass is 225 g/mol. The van der Waals surface area contributed by atoms with E-state index >= 15 is 0 Å². The van der Waals surface area contributed by atoms with E-state index < -0.39 is 9.84 Å². The molecule has 0 unspecified atom stereocenters. The third kappa shape index (κ3) is 1.53. The summed E-state index contributed by atoms with van der Waals surface area (Å²) < 4.78 is 23.8. The summed E-state index contributed by atoms with van der Waals surface area (Å²) in [6.07, 6.45) is 1.63. The van der Waals surface area contributed by atoms with Crippen LogP contribution in [-0.2, 0) is 9.84 Å². The van der Waals surface area contributed by atoms with Gasteiger partial charge in [-0.05, 0) is 36.9 Å². The van der Waals surface area contributed by atoms with Crippen LogP contribution in [0.25, 0.3) is 6.08 Å². The van der Waals surface area contributed by atoms with Crippen LogP contribution in [0.3, 0.4) is 0 Å². The highest BCUT2D eigenvalue weighted by Gasteiger charge is 2.28. The van der Waals surface area contributed by atoms with Crippen LogP contribution >= 0.6 is 0 Å². The topological polar surface area (TPSA) is 66.4 Å². The van der Waals surface area contributed by atoms with Gasteiger partial charge in [-0.3, -0.25) is 0 Å². The van der Waals surface area contributed by atoms with Gasteiger partial charge in [0.1, 0.15) is 5.75 Å². The van der Waals surface area contributed by atoms with Crippen LogP contribution in [-0.4, -0.2) is 27.1 Å². The quantitative estimate of drug-likeness (QED) is 0.779. The van der Waals surface area contributed by atoms with Crippen molar-refractivity contribution in [2.24, 2.45) is 0 Å². The van der Waals surface area contributed by atoms with Crippen molar-refractivity contribution in [3.8, 4) is 5.75 Å². The van der Waals surface area contributed by atoms with Crippen molar-refractivity contribution < 1.29 is 13.5 Å². The minimum Gasteiger partial charge on any atom is -0.508 e. The van der Waals surface area contributed by atoms with Gasteiger partial charge >= 0.3 is 0 Å². The number of phenolic OH excluding ortho intramolecular Hbond substituents is 1. The fourth-order valence-corrected chi connectivity index (χ4v) is 3.20. The zero-order valence-electron chi connectivity index (χ0n) is 8.19. The maximum absolute atomic E-state index is 11.9. The van der Waals surface area contributed by atoms with Gasteiger partial charge in [0.25, 0.3) is 0 Å². The summed E-state index contributed by atoms with van der Waals surface area (Å²) >= 11 is 0. The lowest BCUT2D eigenvalue weighted by Gasteiger charge is -2.02. The second-order valence-corrected chi connectivity index (χ2v) is 5.34. The van der Waals surface area contributed by atoms with Crippen molar-refractivity contribution >= 4 is 15.9 Å². The average Bonchev–Trinajstić information content (AvgIpc) is 2.41. The van der Waals surface area contributed by atoms with Crippen LogP contribution in [0, 0.1) is 0 Å². The lowest BCUT2D eigenvalue weighted by Crippen LogP contribution is -2.14. The summed E-state index contributed by atoms with van der Waals surface area (Å²) in [6.45, 7) is 0.303. The molecule has 0 aliphatic carbocycles. The van der Waals surface area contributed by atoms with E-state index in [2.05, 4.69) is 5.32 Å². The Hall–Kier alpha value is -1.33. The summed E-state index contributed by atoms with van der Waals surface area (Å²) in [4.78, 5) is 0.526. The van der Waals surface area contributed by atoms with Gasteiger partial charge < -0.3 is 10.4 Å². The fraction of sp³-hybridized carbons (Fsp3) is 0.200. The first-order chi connectivity index (χ1) is 7.05. The van der Waals surface area contributed by atoms with Gasteiger partial charge in [-0.25, -0.2) is 8.42 Å². The molecule has 0 atom stereocenters. The number of benzene rings is 1. The first-order valence-corrected chi connectivity index (χ1v) is 5.97. The molecule has 1 heterocycles. The first-order valence-electron chi connectivity index (χ1n) is 4.49. The van der Waals surface area contributed by atoms with E-state index in [1.165, 1.54) is 12.1 Å². The van der Waals surface area contributed by atoms with Crippen LogP contribution in [0.4, 0.5) is 0 Å². The molecule has 0 bridgehead atoms. The third-order valence-corrected chi connectivity index (χ3v) is 4.18. The molecule has 1 aliphatic heterocycles. The van der Waals surface area contributed by atoms with Crippen LogP contribution in [0.2, 0.25) is 0 Å². The van der Waals surface area contributed by atoms with Crippen LogP contribution in [0.15, 0.2) is 28.0 Å². The van der Waals surface area contributed by atoms with Crippen molar-refractivity contribution in [3.63, 3.8) is 0 Å². The molecule has 0 fully saturated rings. The molecule has 0 spiro atoms. The van der Waals surface area contributed by atoms with Crippen molar-refractivity contribution in [3.05, 3.63) is 28.7 Å². The lowest BCUT2D eigenvalue weighted by atomic mass is 10.2. The van der Waals surface area contributed by atoms with Crippen LogP contribution in [0.5, 0.6) is 5.75 Å². The van der Waals surface area contributed by atoms with E-state index in [0.717, 1.165) is 0 Å². The lowest BCUT2D eigenvalue weighted by molar-refractivity contribution is 0.473. The molecule has 2 rings (SSSR count). The molecule has 1 aromatic carbocycles. The Bertz CT molecular complexity index is 532. The van der Waals surface area contributed by atoms with Gasteiger partial charge in [-0.1, -0.05) is 0 Å². The highest BCUT2D eigenvalue weighted by molar-refractivity contribution is 7.95. The van der Waals surface area contributed by atoms with E-state index in [1.807, 2.05) is 0 Å². The number of hydrogen-bond donors (Lipinski definition) is 2. The maximum atomic E-state index is 11.9. The SMILES string of the molecule is CNCC1=Cc2ccc(O)cc2S1(=O)=O. The molecule has 5 heteroatoms. The average molecular weight is 225 g/mol. The summed E-state index contributed by atoms with van der Waals surface area (Å²) in [7, 11) is -1.70. The highest BCUT2D eigenvalue weighted by atomic mass is 32.2. The minimum absolute atomic E-state index is 0.0311. The Balaban J connectivity index is 2.58. The molecule has 0 saturated heterocycles. The Morgan fingerprint density at radius 3 is 2.80 bits per heavy atom. The molecule has 1 aliphatic rings. The van der Waals surface area contributed by atoms with Crippen molar-refractivity contribution in [2.75, 3.05) is 13.6 Å². The second-order valence-electron chi connectivity index (χ2n) is 3.37. The molecule has 4 nitrogen and oxygen atoms in total. The number of hydrogen-bond acceptors (Lipinski definition) is 4. The van der Waals surface area contributed by atoms with Gasteiger partial charge in [0.05, 0.1) is 9.80 Å². The largest absolute Gasteiger partial charge is 0.508 e. The Morgan fingerprint density at radius 2 is 2.13 bits per heavy atom. The van der Waals surface area contributed by atoms with Crippen molar-refractivity contribution in [1.29, 1.82) is 0 Å². The number of aromatic hydroxyl groups is 1. The summed E-state index contributed by atoms with van der Waals surface area (Å²) in [5, 5.41) is 12.0. The Morgan fingerprint density at radius 1 is 1.40 bits per heavy atom. The predicted octanol–water partition coefficient (Wildman–Crippen LogP) is 0.740. The Labute approximate surface area is 88.2 Å². The molecule has 0 aromatic heterocycles. The standard InChI is InChI=1S/C10H11NO3S/c1-11-6-9-4-7-2-3-8(12)5-10(7)15(9,13)14/h2-5,11-12H,6H2,1H3. The van der Waals surface area contributed by atoms with Gasteiger partial charge in [0, 0.05) is 6.54 Å². The van der Waals surface area contributed by atoms with E-state index in [9.17, 15) is 13.5 Å². The summed E-state index contributed by atoms with van der Waals surface area (Å²) in [5.41, 5.74) is 0.637. The summed E-state index contributed by atoms with van der Waals surface area (Å²) in [6, 6.07) is 4.36. The number of rotatable bonds is 2. The van der Waals surface area contributed by atoms with Gasteiger partial charge in [0.2, 0.25) is 9.84 Å². The van der Waals surface area contributed by atoms with Crippen molar-refractivity contribution in [1.82, 2.24) is 5.32 Å². The number of sulfone groups is 1. The smallest absolute Gasteiger partial charge is 0.204 e. The molecule has 1 aromatic rings. The highest BCUT2D eigenvalue weighted by Crippen LogP contribution is 2.34. The minimum atomic E-state index is -3.39. The molecule has 0 amide bonds. The maximum Gasteiger partial charge on any atom is 0.204 e. The van der Waals surface area contributed by atoms with Crippen molar-refractivity contribution in [2.45, 2.75) is 4.90 Å². The third-order valence-electron chi connectivity index (χ3n) is 2.30.